The topological polar surface area (TPSA) is 32.3 Å². The van der Waals surface area contributed by atoms with Gasteiger partial charge < -0.3 is 10.2 Å². The highest BCUT2D eigenvalue weighted by molar-refractivity contribution is 5.78. The van der Waals surface area contributed by atoms with Gasteiger partial charge in [0.15, 0.2) is 0 Å². The van der Waals surface area contributed by atoms with Crippen molar-refractivity contribution < 1.29 is 4.79 Å². The van der Waals surface area contributed by atoms with Gasteiger partial charge >= 0.3 is 0 Å². The molecule has 1 aliphatic rings. The van der Waals surface area contributed by atoms with Gasteiger partial charge in [0.05, 0.1) is 0 Å². The van der Waals surface area contributed by atoms with Crippen LogP contribution in [0.25, 0.3) is 0 Å². The molecule has 17 heavy (non-hydrogen) atoms. The number of nitrogens with zero attached hydrogens (tertiary/aromatic N) is 1. The Morgan fingerprint density at radius 3 is 2.29 bits per heavy atom. The van der Waals surface area contributed by atoms with Crippen LogP contribution in [0.4, 0.5) is 0 Å². The van der Waals surface area contributed by atoms with Crippen molar-refractivity contribution in [3.8, 4) is 0 Å². The molecule has 100 valence electrons. The smallest absolute Gasteiger partial charge is 0.225 e. The number of carbonyl (C=O) groups is 1. The molecule has 3 nitrogen and oxygen atoms in total. The van der Waals surface area contributed by atoms with E-state index in [2.05, 4.69) is 19.2 Å². The van der Waals surface area contributed by atoms with E-state index in [0.29, 0.717) is 11.9 Å². The van der Waals surface area contributed by atoms with E-state index >= 15 is 0 Å². The van der Waals surface area contributed by atoms with E-state index in [1.165, 1.54) is 6.42 Å². The summed E-state index contributed by atoms with van der Waals surface area (Å²) in [5, 5.41) is 3.60. The monoisotopic (exact) mass is 240 g/mol. The Balaban J connectivity index is 2.19. The quantitative estimate of drug-likeness (QED) is 0.799. The summed E-state index contributed by atoms with van der Waals surface area (Å²) < 4.78 is 0. The largest absolute Gasteiger partial charge is 0.342 e. The fraction of sp³-hybridized carbons (Fsp3) is 0.929. The normalized spacial score (nSPS) is 18.1. The molecule has 1 aliphatic heterocycles. The minimum Gasteiger partial charge on any atom is -0.342 e. The Kier molecular flexibility index (Phi) is 5.96. The zero-order valence-corrected chi connectivity index (χ0v) is 11.8. The Morgan fingerprint density at radius 2 is 1.82 bits per heavy atom. The van der Waals surface area contributed by atoms with Crippen molar-refractivity contribution in [2.45, 2.75) is 53.0 Å². The van der Waals surface area contributed by atoms with Crippen LogP contribution in [0.3, 0.4) is 0 Å². The van der Waals surface area contributed by atoms with E-state index in [0.717, 1.165) is 38.4 Å². The van der Waals surface area contributed by atoms with Gasteiger partial charge in [0.25, 0.3) is 0 Å². The molecule has 1 rings (SSSR count). The lowest BCUT2D eigenvalue weighted by Crippen LogP contribution is -2.46. The molecule has 1 heterocycles. The molecule has 1 saturated heterocycles. The Hall–Kier alpha value is -0.570. The molecule has 1 fully saturated rings. The van der Waals surface area contributed by atoms with Gasteiger partial charge in [-0.25, -0.2) is 0 Å². The molecule has 0 radical (unpaired) electrons. The summed E-state index contributed by atoms with van der Waals surface area (Å²) in [6.07, 6.45) is 3.46. The number of nitrogens with one attached hydrogen (secondary N) is 1. The standard InChI is InChI=1S/C14H28N2O/c1-11(2)5-8-15-13-6-9-16(10-7-13)14(17)12(3)4/h11-13,15H,5-10H2,1-4H3. The minimum atomic E-state index is 0.139. The van der Waals surface area contributed by atoms with E-state index in [-0.39, 0.29) is 5.92 Å². The highest BCUT2D eigenvalue weighted by Crippen LogP contribution is 2.13. The third-order valence-electron chi connectivity index (χ3n) is 3.46. The van der Waals surface area contributed by atoms with Gasteiger partial charge in [-0.1, -0.05) is 27.7 Å². The van der Waals surface area contributed by atoms with Crippen molar-refractivity contribution in [2.75, 3.05) is 19.6 Å². The summed E-state index contributed by atoms with van der Waals surface area (Å²) in [7, 11) is 0. The van der Waals surface area contributed by atoms with Gasteiger partial charge in [0.2, 0.25) is 5.91 Å². The SMILES string of the molecule is CC(C)CCNC1CCN(C(=O)C(C)C)CC1. The van der Waals surface area contributed by atoms with Gasteiger partial charge in [-0.2, -0.15) is 0 Å². The van der Waals surface area contributed by atoms with Crippen LogP contribution >= 0.6 is 0 Å². The number of piperidine rings is 1. The molecule has 0 aromatic rings. The fourth-order valence-electron chi connectivity index (χ4n) is 2.25. The zero-order chi connectivity index (χ0) is 12.8. The van der Waals surface area contributed by atoms with Crippen molar-refractivity contribution in [3.05, 3.63) is 0 Å². The molecule has 0 atom stereocenters. The van der Waals surface area contributed by atoms with Gasteiger partial charge in [-0.15, -0.1) is 0 Å². The third-order valence-corrected chi connectivity index (χ3v) is 3.46. The fourth-order valence-corrected chi connectivity index (χ4v) is 2.25. The number of hydrogen-bond donors (Lipinski definition) is 1. The number of likely N-dealkylation sites (tertiary alicyclic amines) is 1. The van der Waals surface area contributed by atoms with Crippen LogP contribution < -0.4 is 5.32 Å². The van der Waals surface area contributed by atoms with E-state index in [9.17, 15) is 4.79 Å². The van der Waals surface area contributed by atoms with Crippen molar-refractivity contribution in [1.82, 2.24) is 10.2 Å². The van der Waals surface area contributed by atoms with Crippen LogP contribution in [0.15, 0.2) is 0 Å². The van der Waals surface area contributed by atoms with Crippen molar-refractivity contribution in [3.63, 3.8) is 0 Å². The van der Waals surface area contributed by atoms with Crippen LogP contribution in [0.1, 0.15) is 47.0 Å². The van der Waals surface area contributed by atoms with Gasteiger partial charge in [0.1, 0.15) is 0 Å². The van der Waals surface area contributed by atoms with Crippen LogP contribution in [-0.2, 0) is 4.79 Å². The molecule has 0 saturated carbocycles. The molecule has 0 spiro atoms. The van der Waals surface area contributed by atoms with Gasteiger partial charge in [-0.05, 0) is 31.7 Å². The first-order valence-corrected chi connectivity index (χ1v) is 7.03. The van der Waals surface area contributed by atoms with E-state index in [1.807, 2.05) is 18.7 Å². The molecular weight excluding hydrogens is 212 g/mol. The van der Waals surface area contributed by atoms with Crippen LogP contribution in [0.5, 0.6) is 0 Å². The molecule has 0 aliphatic carbocycles. The summed E-state index contributed by atoms with van der Waals surface area (Å²) in [5.41, 5.74) is 0. The van der Waals surface area contributed by atoms with Crippen molar-refractivity contribution in [1.29, 1.82) is 0 Å². The Bertz CT molecular complexity index is 230. The average Bonchev–Trinajstić information content (AvgIpc) is 2.28. The number of rotatable bonds is 5. The van der Waals surface area contributed by atoms with Crippen LogP contribution in [0.2, 0.25) is 0 Å². The maximum Gasteiger partial charge on any atom is 0.225 e. The summed E-state index contributed by atoms with van der Waals surface area (Å²) >= 11 is 0. The highest BCUT2D eigenvalue weighted by atomic mass is 16.2. The molecule has 0 bridgehead atoms. The van der Waals surface area contributed by atoms with Gasteiger partial charge in [-0.3, -0.25) is 4.79 Å². The number of carbonyl (C=O) groups excluding carboxylic acids is 1. The lowest BCUT2D eigenvalue weighted by Gasteiger charge is -2.33. The maximum atomic E-state index is 11.8. The predicted octanol–water partition coefficient (Wildman–Crippen LogP) is 2.27. The maximum absolute atomic E-state index is 11.8. The first-order chi connectivity index (χ1) is 8.00. The lowest BCUT2D eigenvalue weighted by atomic mass is 10.0. The first kappa shape index (κ1) is 14.5. The molecule has 1 N–H and O–H groups in total. The van der Waals surface area contributed by atoms with E-state index in [1.54, 1.807) is 0 Å². The van der Waals surface area contributed by atoms with Crippen LogP contribution in [0, 0.1) is 11.8 Å². The second-order valence-electron chi connectivity index (χ2n) is 5.89. The van der Waals surface area contributed by atoms with E-state index < -0.39 is 0 Å². The molecular formula is C14H28N2O. The average molecular weight is 240 g/mol. The molecule has 0 aromatic carbocycles. The van der Waals surface area contributed by atoms with Crippen molar-refractivity contribution >= 4 is 5.91 Å². The summed E-state index contributed by atoms with van der Waals surface area (Å²) in [6.45, 7) is 11.4. The van der Waals surface area contributed by atoms with Crippen molar-refractivity contribution in [2.24, 2.45) is 11.8 Å². The molecule has 0 aromatic heterocycles. The second-order valence-corrected chi connectivity index (χ2v) is 5.89. The molecule has 0 unspecified atom stereocenters. The summed E-state index contributed by atoms with van der Waals surface area (Å²) in [6, 6.07) is 0.616. The zero-order valence-electron chi connectivity index (χ0n) is 11.8. The minimum absolute atomic E-state index is 0.139. The number of amides is 1. The predicted molar refractivity (Wildman–Crippen MR) is 71.9 cm³/mol. The molecule has 3 heteroatoms. The second kappa shape index (κ2) is 7.00. The van der Waals surface area contributed by atoms with E-state index in [4.69, 9.17) is 0 Å². The highest BCUT2D eigenvalue weighted by Gasteiger charge is 2.23. The van der Waals surface area contributed by atoms with Crippen LogP contribution in [-0.4, -0.2) is 36.5 Å². The third kappa shape index (κ3) is 5.07. The summed E-state index contributed by atoms with van der Waals surface area (Å²) in [5.74, 6) is 1.22. The molecule has 1 amide bonds. The Morgan fingerprint density at radius 1 is 1.24 bits per heavy atom. The number of hydrogen-bond acceptors (Lipinski definition) is 2. The Labute approximate surface area is 106 Å². The van der Waals surface area contributed by atoms with Gasteiger partial charge in [0, 0.05) is 25.0 Å². The first-order valence-electron chi connectivity index (χ1n) is 7.03. The summed E-state index contributed by atoms with van der Waals surface area (Å²) in [4.78, 5) is 13.8. The lowest BCUT2D eigenvalue weighted by molar-refractivity contribution is -0.135.